The average Bonchev–Trinajstić information content (AvgIpc) is 3.34. The Morgan fingerprint density at radius 3 is 3.15 bits per heavy atom. The van der Waals surface area contributed by atoms with Gasteiger partial charge in [-0.1, -0.05) is 18.6 Å². The zero-order valence-electron chi connectivity index (χ0n) is 16.4. The number of allylic oxidation sites excluding steroid dienone is 1. The minimum absolute atomic E-state index is 0.0239. The van der Waals surface area contributed by atoms with Gasteiger partial charge in [0.2, 0.25) is 0 Å². The average molecular weight is 370 g/mol. The topological polar surface area (TPSA) is 67.4 Å². The predicted molar refractivity (Wildman–Crippen MR) is 103 cm³/mol. The molecule has 146 valence electrons. The fraction of sp³-hybridized carbons (Fsp3) is 0.667. The summed E-state index contributed by atoms with van der Waals surface area (Å²) < 4.78 is 6.48. The highest BCUT2D eigenvalue weighted by Gasteiger charge is 2.62. The van der Waals surface area contributed by atoms with Crippen LogP contribution in [0.3, 0.4) is 0 Å². The van der Waals surface area contributed by atoms with Gasteiger partial charge < -0.3 is 10.1 Å². The molecule has 4 rings (SSSR count). The lowest BCUT2D eigenvalue weighted by Gasteiger charge is -2.29. The fourth-order valence-corrected chi connectivity index (χ4v) is 5.09. The molecule has 0 unspecified atom stereocenters. The highest BCUT2D eigenvalue weighted by molar-refractivity contribution is 5.91. The summed E-state index contributed by atoms with van der Waals surface area (Å²) in [6, 6.07) is 0. The van der Waals surface area contributed by atoms with Gasteiger partial charge in [-0.05, 0) is 32.6 Å². The van der Waals surface area contributed by atoms with Crippen molar-refractivity contribution in [2.24, 2.45) is 11.8 Å². The van der Waals surface area contributed by atoms with Gasteiger partial charge in [0.15, 0.2) is 0 Å². The molecule has 3 saturated heterocycles. The van der Waals surface area contributed by atoms with E-state index in [0.717, 1.165) is 45.3 Å². The minimum atomic E-state index is -0.144. The number of nitrogens with one attached hydrogen (secondary N) is 1. The van der Waals surface area contributed by atoms with E-state index in [1.807, 2.05) is 0 Å². The van der Waals surface area contributed by atoms with E-state index in [2.05, 4.69) is 40.1 Å². The molecule has 1 aromatic heterocycles. The lowest BCUT2D eigenvalue weighted by Crippen LogP contribution is -2.42. The molecule has 4 atom stereocenters. The first kappa shape index (κ1) is 18.6. The Balaban J connectivity index is 1.35. The van der Waals surface area contributed by atoms with Gasteiger partial charge in [-0.2, -0.15) is 0 Å². The van der Waals surface area contributed by atoms with Gasteiger partial charge >= 0.3 is 0 Å². The molecule has 0 aliphatic carbocycles. The van der Waals surface area contributed by atoms with Crippen LogP contribution in [0.4, 0.5) is 0 Å². The van der Waals surface area contributed by atoms with Crippen molar-refractivity contribution in [1.82, 2.24) is 20.2 Å². The Morgan fingerprint density at radius 1 is 1.48 bits per heavy atom. The Morgan fingerprint density at radius 2 is 2.37 bits per heavy atom. The number of nitrogens with zero attached hydrogens (tertiary/aromatic N) is 3. The largest absolute Gasteiger partial charge is 0.370 e. The van der Waals surface area contributed by atoms with Crippen LogP contribution in [0.15, 0.2) is 30.2 Å². The molecule has 1 N–H and O–H groups in total. The molecule has 3 aliphatic heterocycles. The van der Waals surface area contributed by atoms with Crippen LogP contribution in [0, 0.1) is 11.8 Å². The second-order valence-electron chi connectivity index (χ2n) is 8.26. The van der Waals surface area contributed by atoms with Crippen LogP contribution in [0.1, 0.15) is 50.0 Å². The molecule has 6 nitrogen and oxygen atoms in total. The summed E-state index contributed by atoms with van der Waals surface area (Å²) in [7, 11) is 0. The van der Waals surface area contributed by atoms with E-state index in [4.69, 9.17) is 4.74 Å². The van der Waals surface area contributed by atoms with Crippen LogP contribution in [0.5, 0.6) is 0 Å². The molecule has 3 fully saturated rings. The lowest BCUT2D eigenvalue weighted by molar-refractivity contribution is 0.00290. The van der Waals surface area contributed by atoms with Gasteiger partial charge in [0.1, 0.15) is 5.69 Å². The van der Waals surface area contributed by atoms with Crippen molar-refractivity contribution < 1.29 is 9.53 Å². The first-order valence-electron chi connectivity index (χ1n) is 10.2. The Labute approximate surface area is 161 Å². The van der Waals surface area contributed by atoms with Crippen LogP contribution >= 0.6 is 0 Å². The Bertz CT molecular complexity index is 707. The number of fused-ring (bicyclic) bond motifs is 1. The van der Waals surface area contributed by atoms with E-state index in [1.165, 1.54) is 11.8 Å². The molecule has 1 aromatic rings. The first-order chi connectivity index (χ1) is 13.1. The third-order valence-electron chi connectivity index (χ3n) is 6.64. The molecule has 3 aliphatic rings. The summed E-state index contributed by atoms with van der Waals surface area (Å²) >= 11 is 0. The summed E-state index contributed by atoms with van der Waals surface area (Å²) in [5.41, 5.74) is 1.87. The number of ether oxygens (including phenoxy) is 1. The third-order valence-corrected chi connectivity index (χ3v) is 6.64. The van der Waals surface area contributed by atoms with Gasteiger partial charge in [0.25, 0.3) is 5.91 Å². The fourth-order valence-electron chi connectivity index (χ4n) is 5.09. The lowest BCUT2D eigenvalue weighted by atomic mass is 9.73. The number of hydrogen-bond acceptors (Lipinski definition) is 5. The molecule has 0 radical (unpaired) electrons. The van der Waals surface area contributed by atoms with Crippen LogP contribution < -0.4 is 5.32 Å². The van der Waals surface area contributed by atoms with Crippen molar-refractivity contribution in [3.05, 3.63) is 35.9 Å². The minimum Gasteiger partial charge on any atom is -0.370 e. The predicted octanol–water partition coefficient (Wildman–Crippen LogP) is 2.43. The quantitative estimate of drug-likeness (QED) is 0.747. The maximum atomic E-state index is 12.3. The number of aromatic nitrogens is 2. The number of hydrogen-bond donors (Lipinski definition) is 1. The zero-order valence-corrected chi connectivity index (χ0v) is 16.4. The highest BCUT2D eigenvalue weighted by Crippen LogP contribution is 2.54. The van der Waals surface area contributed by atoms with E-state index in [9.17, 15) is 4.79 Å². The van der Waals surface area contributed by atoms with Gasteiger partial charge in [0.05, 0.1) is 17.9 Å². The smallest absolute Gasteiger partial charge is 0.271 e. The molecule has 0 aromatic carbocycles. The molecule has 0 saturated carbocycles. The Hall–Kier alpha value is -1.79. The molecule has 1 amide bonds. The maximum Gasteiger partial charge on any atom is 0.271 e. The van der Waals surface area contributed by atoms with Crippen LogP contribution in [-0.4, -0.2) is 58.7 Å². The van der Waals surface area contributed by atoms with Gasteiger partial charge in [-0.3, -0.25) is 14.7 Å². The second kappa shape index (κ2) is 7.68. The molecule has 2 bridgehead atoms. The van der Waals surface area contributed by atoms with E-state index in [1.54, 1.807) is 12.4 Å². The number of likely N-dealkylation sites (tertiary alicyclic amines) is 1. The molecular weight excluding hydrogens is 340 g/mol. The normalized spacial score (nSPS) is 32.7. The van der Waals surface area contributed by atoms with E-state index >= 15 is 0 Å². The summed E-state index contributed by atoms with van der Waals surface area (Å²) in [6.07, 6.45) is 11.8. The van der Waals surface area contributed by atoms with E-state index in [0.29, 0.717) is 30.2 Å². The van der Waals surface area contributed by atoms with Crippen LogP contribution in [0.25, 0.3) is 0 Å². The van der Waals surface area contributed by atoms with E-state index in [-0.39, 0.29) is 11.5 Å². The molecule has 27 heavy (non-hydrogen) atoms. The zero-order chi connectivity index (χ0) is 18.9. The standard InChI is InChI=1S/C21H30N4O2/c1-3-15(2)5-4-10-25-13-17-16(19-6-7-21(17,14-25)27-19)11-24-20(26)18-12-22-8-9-23-18/h5,8-9,12,16-17,19H,3-4,6-7,10-11,13-14H2,1-2H3,(H,24,26)/b15-5+/t16-,17+,19+,21+/m0/s1. The SMILES string of the molecule is CC/C(C)=C/CCN1C[C@@H]2[C@H](CNC(=O)c3cnccn3)[C@H]3CC[C@]2(C1)O3. The number of rotatable bonds is 7. The number of carbonyl (C=O) groups is 1. The molecule has 6 heteroatoms. The van der Waals surface area contributed by atoms with E-state index < -0.39 is 0 Å². The number of amides is 1. The van der Waals surface area contributed by atoms with Crippen LogP contribution in [0.2, 0.25) is 0 Å². The van der Waals surface area contributed by atoms with Crippen molar-refractivity contribution >= 4 is 5.91 Å². The van der Waals surface area contributed by atoms with Crippen molar-refractivity contribution in [3.8, 4) is 0 Å². The van der Waals surface area contributed by atoms with Gasteiger partial charge in [0, 0.05) is 50.4 Å². The summed E-state index contributed by atoms with van der Waals surface area (Å²) in [5.74, 6) is 0.780. The van der Waals surface area contributed by atoms with Crippen LogP contribution in [-0.2, 0) is 4.74 Å². The highest BCUT2D eigenvalue weighted by atomic mass is 16.5. The molecule has 1 spiro atoms. The number of carbonyl (C=O) groups excluding carboxylic acids is 1. The van der Waals surface area contributed by atoms with Gasteiger partial charge in [-0.15, -0.1) is 0 Å². The van der Waals surface area contributed by atoms with Gasteiger partial charge in [-0.25, -0.2) is 4.98 Å². The second-order valence-corrected chi connectivity index (χ2v) is 8.26. The summed E-state index contributed by atoms with van der Waals surface area (Å²) in [5, 5.41) is 3.07. The Kier molecular flexibility index (Phi) is 5.28. The van der Waals surface area contributed by atoms with Crippen molar-refractivity contribution in [1.29, 1.82) is 0 Å². The first-order valence-corrected chi connectivity index (χ1v) is 10.2. The third kappa shape index (κ3) is 3.65. The monoisotopic (exact) mass is 370 g/mol. The van der Waals surface area contributed by atoms with Crippen molar-refractivity contribution in [2.75, 3.05) is 26.2 Å². The molecule has 4 heterocycles. The molecular formula is C21H30N4O2. The summed E-state index contributed by atoms with van der Waals surface area (Å²) in [4.78, 5) is 22.9. The van der Waals surface area contributed by atoms with Crippen molar-refractivity contribution in [3.63, 3.8) is 0 Å². The van der Waals surface area contributed by atoms with Crippen molar-refractivity contribution in [2.45, 2.75) is 51.2 Å². The maximum absolute atomic E-state index is 12.3. The summed E-state index contributed by atoms with van der Waals surface area (Å²) in [6.45, 7) is 8.30.